The number of nitrogens with zero attached hydrogens (tertiary/aromatic N) is 2. The van der Waals surface area contributed by atoms with Gasteiger partial charge in [-0.25, -0.2) is 9.78 Å². The van der Waals surface area contributed by atoms with Crippen LogP contribution in [0.1, 0.15) is 17.3 Å². The molecule has 3 aromatic carbocycles. The SMILES string of the molecule is CCOC(=O)c1ccc2c(c1)c1ccccc1c1nc3ccccc3n21. The van der Waals surface area contributed by atoms with Crippen molar-refractivity contribution in [3.05, 3.63) is 72.3 Å². The van der Waals surface area contributed by atoms with E-state index in [-0.39, 0.29) is 5.97 Å². The average Bonchev–Trinajstić information content (AvgIpc) is 3.08. The standard InChI is InChI=1S/C22H16N2O2/c1-2-26-22(25)14-11-12-19-17(13-14)15-7-3-4-8-16(15)21-23-18-9-5-6-10-20(18)24(19)21/h3-13H,2H2,1H3. The number of rotatable bonds is 2. The summed E-state index contributed by atoms with van der Waals surface area (Å²) in [5.74, 6) is -0.297. The molecule has 0 N–H and O–H groups in total. The van der Waals surface area contributed by atoms with Gasteiger partial charge in [-0.05, 0) is 42.6 Å². The second-order valence-corrected chi connectivity index (χ2v) is 6.26. The van der Waals surface area contributed by atoms with E-state index in [4.69, 9.17) is 9.72 Å². The zero-order valence-electron chi connectivity index (χ0n) is 14.3. The molecule has 4 heteroatoms. The highest BCUT2D eigenvalue weighted by atomic mass is 16.5. The maximum atomic E-state index is 12.2. The summed E-state index contributed by atoms with van der Waals surface area (Å²) in [5, 5.41) is 3.16. The molecule has 5 aromatic rings. The molecule has 0 saturated carbocycles. The topological polar surface area (TPSA) is 43.6 Å². The lowest BCUT2D eigenvalue weighted by atomic mass is 10.0. The summed E-state index contributed by atoms with van der Waals surface area (Å²) in [6.07, 6.45) is 0. The van der Waals surface area contributed by atoms with Crippen LogP contribution in [0.4, 0.5) is 0 Å². The molecule has 2 aromatic heterocycles. The maximum Gasteiger partial charge on any atom is 0.338 e. The summed E-state index contributed by atoms with van der Waals surface area (Å²) < 4.78 is 7.34. The van der Waals surface area contributed by atoms with E-state index in [1.807, 2.05) is 55.5 Å². The van der Waals surface area contributed by atoms with Gasteiger partial charge in [0.1, 0.15) is 5.65 Å². The second kappa shape index (κ2) is 5.56. The van der Waals surface area contributed by atoms with Crippen LogP contribution in [0, 0.1) is 0 Å². The van der Waals surface area contributed by atoms with Crippen LogP contribution in [0.3, 0.4) is 0 Å². The molecule has 0 amide bonds. The lowest BCUT2D eigenvalue weighted by Crippen LogP contribution is -2.04. The van der Waals surface area contributed by atoms with Crippen molar-refractivity contribution in [1.29, 1.82) is 0 Å². The Morgan fingerprint density at radius 1 is 0.923 bits per heavy atom. The van der Waals surface area contributed by atoms with Crippen LogP contribution in [0.2, 0.25) is 0 Å². The number of pyridine rings is 1. The summed E-state index contributed by atoms with van der Waals surface area (Å²) >= 11 is 0. The molecule has 0 bridgehead atoms. The van der Waals surface area contributed by atoms with E-state index >= 15 is 0 Å². The van der Waals surface area contributed by atoms with E-state index in [1.165, 1.54) is 0 Å². The molecule has 0 saturated heterocycles. The van der Waals surface area contributed by atoms with E-state index in [1.54, 1.807) is 0 Å². The van der Waals surface area contributed by atoms with Crippen molar-refractivity contribution in [1.82, 2.24) is 9.38 Å². The van der Waals surface area contributed by atoms with Gasteiger partial charge in [-0.1, -0.05) is 36.4 Å². The van der Waals surface area contributed by atoms with Crippen LogP contribution in [-0.4, -0.2) is 22.0 Å². The number of esters is 1. The van der Waals surface area contributed by atoms with Crippen molar-refractivity contribution in [3.63, 3.8) is 0 Å². The lowest BCUT2D eigenvalue weighted by Gasteiger charge is -2.10. The van der Waals surface area contributed by atoms with Crippen molar-refractivity contribution >= 4 is 44.3 Å². The smallest absolute Gasteiger partial charge is 0.338 e. The summed E-state index contributed by atoms with van der Waals surface area (Å²) in [4.78, 5) is 17.1. The van der Waals surface area contributed by atoms with Gasteiger partial charge in [-0.15, -0.1) is 0 Å². The minimum absolute atomic E-state index is 0.297. The Hall–Kier alpha value is -3.40. The molecule has 26 heavy (non-hydrogen) atoms. The fourth-order valence-corrected chi connectivity index (χ4v) is 3.65. The normalized spacial score (nSPS) is 11.6. The van der Waals surface area contributed by atoms with Gasteiger partial charge >= 0.3 is 5.97 Å². The second-order valence-electron chi connectivity index (χ2n) is 6.26. The molecule has 126 valence electrons. The number of imidazole rings is 1. The van der Waals surface area contributed by atoms with Crippen molar-refractivity contribution in [2.75, 3.05) is 6.61 Å². The Balaban J connectivity index is 1.99. The first-order chi connectivity index (χ1) is 12.8. The average molecular weight is 340 g/mol. The molecule has 0 aliphatic heterocycles. The first kappa shape index (κ1) is 14.9. The van der Waals surface area contributed by atoms with Gasteiger partial charge in [0, 0.05) is 10.8 Å². The highest BCUT2D eigenvalue weighted by Gasteiger charge is 2.15. The van der Waals surface area contributed by atoms with Gasteiger partial charge < -0.3 is 4.74 Å². The fourth-order valence-electron chi connectivity index (χ4n) is 3.65. The molecule has 0 atom stereocenters. The Bertz CT molecular complexity index is 1320. The fraction of sp³-hybridized carbons (Fsp3) is 0.0909. The van der Waals surface area contributed by atoms with Crippen molar-refractivity contribution in [2.24, 2.45) is 0 Å². The van der Waals surface area contributed by atoms with E-state index in [0.29, 0.717) is 12.2 Å². The molecule has 5 rings (SSSR count). The number of benzene rings is 3. The number of fused-ring (bicyclic) bond motifs is 8. The minimum Gasteiger partial charge on any atom is -0.462 e. The summed E-state index contributed by atoms with van der Waals surface area (Å²) in [6, 6.07) is 22.0. The number of carbonyl (C=O) groups is 1. The monoisotopic (exact) mass is 340 g/mol. The molecular weight excluding hydrogens is 324 g/mol. The predicted octanol–water partition coefficient (Wildman–Crippen LogP) is 4.97. The van der Waals surface area contributed by atoms with Crippen LogP contribution < -0.4 is 0 Å². The molecular formula is C22H16N2O2. The summed E-state index contributed by atoms with van der Waals surface area (Å²) in [5.41, 5.74) is 4.54. The van der Waals surface area contributed by atoms with E-state index in [9.17, 15) is 4.79 Å². The number of ether oxygens (including phenoxy) is 1. The molecule has 2 heterocycles. The number of hydrogen-bond acceptors (Lipinski definition) is 3. The van der Waals surface area contributed by atoms with Gasteiger partial charge in [0.05, 0.1) is 28.7 Å². The third-order valence-electron chi connectivity index (χ3n) is 4.77. The van der Waals surface area contributed by atoms with Gasteiger partial charge in [-0.2, -0.15) is 0 Å². The van der Waals surface area contributed by atoms with Crippen molar-refractivity contribution < 1.29 is 9.53 Å². The maximum absolute atomic E-state index is 12.2. The predicted molar refractivity (Wildman–Crippen MR) is 104 cm³/mol. The van der Waals surface area contributed by atoms with Crippen LogP contribution in [0.5, 0.6) is 0 Å². The van der Waals surface area contributed by atoms with Gasteiger partial charge in [0.2, 0.25) is 0 Å². The van der Waals surface area contributed by atoms with Gasteiger partial charge in [-0.3, -0.25) is 4.40 Å². The van der Waals surface area contributed by atoms with Crippen molar-refractivity contribution in [3.8, 4) is 0 Å². The first-order valence-corrected chi connectivity index (χ1v) is 8.66. The largest absolute Gasteiger partial charge is 0.462 e. The zero-order valence-corrected chi connectivity index (χ0v) is 14.3. The Morgan fingerprint density at radius 2 is 1.69 bits per heavy atom. The number of para-hydroxylation sites is 2. The molecule has 0 unspecified atom stereocenters. The highest BCUT2D eigenvalue weighted by molar-refractivity contribution is 6.14. The van der Waals surface area contributed by atoms with Crippen LogP contribution in [-0.2, 0) is 4.74 Å². The Kier molecular flexibility index (Phi) is 3.19. The summed E-state index contributed by atoms with van der Waals surface area (Å²) in [6.45, 7) is 2.18. The Labute approximate surface area is 149 Å². The minimum atomic E-state index is -0.297. The quantitative estimate of drug-likeness (QED) is 0.336. The molecule has 0 aliphatic rings. The van der Waals surface area contributed by atoms with E-state index in [2.05, 4.69) is 22.6 Å². The van der Waals surface area contributed by atoms with Crippen LogP contribution in [0.15, 0.2) is 66.7 Å². The molecule has 0 spiro atoms. The van der Waals surface area contributed by atoms with Gasteiger partial charge in [0.15, 0.2) is 0 Å². The van der Waals surface area contributed by atoms with Crippen LogP contribution >= 0.6 is 0 Å². The van der Waals surface area contributed by atoms with E-state index < -0.39 is 0 Å². The van der Waals surface area contributed by atoms with Crippen molar-refractivity contribution in [2.45, 2.75) is 6.92 Å². The van der Waals surface area contributed by atoms with Gasteiger partial charge in [0.25, 0.3) is 0 Å². The number of aromatic nitrogens is 2. The lowest BCUT2D eigenvalue weighted by molar-refractivity contribution is 0.0526. The highest BCUT2D eigenvalue weighted by Crippen LogP contribution is 2.32. The molecule has 4 nitrogen and oxygen atoms in total. The first-order valence-electron chi connectivity index (χ1n) is 8.66. The number of carbonyl (C=O) groups excluding carboxylic acids is 1. The van der Waals surface area contributed by atoms with E-state index in [0.717, 1.165) is 38.4 Å². The number of hydrogen-bond donors (Lipinski definition) is 0. The molecule has 0 aliphatic carbocycles. The third-order valence-corrected chi connectivity index (χ3v) is 4.77. The van der Waals surface area contributed by atoms with Crippen LogP contribution in [0.25, 0.3) is 38.4 Å². The summed E-state index contributed by atoms with van der Waals surface area (Å²) in [7, 11) is 0. The Morgan fingerprint density at radius 3 is 2.54 bits per heavy atom. The molecule has 0 radical (unpaired) electrons. The molecule has 0 fully saturated rings. The third kappa shape index (κ3) is 2.02. The zero-order chi connectivity index (χ0) is 17.7.